The van der Waals surface area contributed by atoms with E-state index in [1.54, 1.807) is 0 Å². The van der Waals surface area contributed by atoms with E-state index in [9.17, 15) is 4.79 Å². The van der Waals surface area contributed by atoms with Crippen LogP contribution in [-0.2, 0) is 0 Å². The molecule has 1 unspecified atom stereocenters. The van der Waals surface area contributed by atoms with Crippen molar-refractivity contribution in [2.45, 2.75) is 39.2 Å². The van der Waals surface area contributed by atoms with Gasteiger partial charge in [0.1, 0.15) is 0 Å². The second-order valence-corrected chi connectivity index (χ2v) is 4.41. The van der Waals surface area contributed by atoms with Gasteiger partial charge in [0.15, 0.2) is 0 Å². The van der Waals surface area contributed by atoms with Crippen LogP contribution in [0.25, 0.3) is 0 Å². The van der Waals surface area contributed by atoms with Crippen LogP contribution in [0.3, 0.4) is 0 Å². The Bertz CT molecular complexity index is 351. The van der Waals surface area contributed by atoms with Crippen LogP contribution in [0.4, 0.5) is 0 Å². The van der Waals surface area contributed by atoms with Gasteiger partial charge < -0.3 is 11.1 Å². The molecule has 18 heavy (non-hydrogen) atoms. The van der Waals surface area contributed by atoms with Gasteiger partial charge in [-0.1, -0.05) is 37.5 Å². The smallest absolute Gasteiger partial charge is 0.251 e. The third-order valence-electron chi connectivity index (χ3n) is 2.84. The summed E-state index contributed by atoms with van der Waals surface area (Å²) < 4.78 is 0. The highest BCUT2D eigenvalue weighted by atomic mass is 35.5. The SMILES string of the molecule is CCCCC(CN)NC(=O)c1ccc(C)cc1.Cl. The van der Waals surface area contributed by atoms with E-state index in [1.807, 2.05) is 31.2 Å². The standard InChI is InChI=1S/C14H22N2O.ClH/c1-3-4-5-13(10-15)16-14(17)12-8-6-11(2)7-9-12;/h6-9,13H,3-5,10,15H2,1-2H3,(H,16,17);1H. The average Bonchev–Trinajstić information content (AvgIpc) is 2.35. The average molecular weight is 271 g/mol. The van der Waals surface area contributed by atoms with Crippen molar-refractivity contribution in [3.05, 3.63) is 35.4 Å². The number of benzene rings is 1. The molecule has 0 aliphatic carbocycles. The zero-order valence-corrected chi connectivity index (χ0v) is 11.9. The summed E-state index contributed by atoms with van der Waals surface area (Å²) in [5.41, 5.74) is 7.50. The lowest BCUT2D eigenvalue weighted by molar-refractivity contribution is 0.0936. The summed E-state index contributed by atoms with van der Waals surface area (Å²) in [6.45, 7) is 4.64. The Morgan fingerprint density at radius 1 is 1.33 bits per heavy atom. The number of carbonyl (C=O) groups is 1. The summed E-state index contributed by atoms with van der Waals surface area (Å²) in [7, 11) is 0. The van der Waals surface area contributed by atoms with Crippen molar-refractivity contribution in [1.29, 1.82) is 0 Å². The zero-order valence-electron chi connectivity index (χ0n) is 11.1. The van der Waals surface area contributed by atoms with Crippen LogP contribution in [0.5, 0.6) is 0 Å². The molecule has 102 valence electrons. The van der Waals surface area contributed by atoms with Crippen molar-refractivity contribution in [3.63, 3.8) is 0 Å². The summed E-state index contributed by atoms with van der Waals surface area (Å²) in [6, 6.07) is 7.66. The number of hydrogen-bond acceptors (Lipinski definition) is 2. The topological polar surface area (TPSA) is 55.1 Å². The van der Waals surface area contributed by atoms with Gasteiger partial charge in [0.2, 0.25) is 0 Å². The minimum Gasteiger partial charge on any atom is -0.348 e. The molecular formula is C14H23ClN2O. The van der Waals surface area contributed by atoms with E-state index in [1.165, 1.54) is 0 Å². The molecule has 0 heterocycles. The summed E-state index contributed by atoms with van der Waals surface area (Å²) in [5, 5.41) is 2.97. The van der Waals surface area contributed by atoms with Crippen LogP contribution in [-0.4, -0.2) is 18.5 Å². The largest absolute Gasteiger partial charge is 0.348 e. The summed E-state index contributed by atoms with van der Waals surface area (Å²) in [6.07, 6.45) is 3.16. The van der Waals surface area contributed by atoms with Crippen molar-refractivity contribution in [2.75, 3.05) is 6.54 Å². The lowest BCUT2D eigenvalue weighted by atomic mass is 10.1. The number of amides is 1. The fraction of sp³-hybridized carbons (Fsp3) is 0.500. The molecule has 1 aromatic carbocycles. The third-order valence-corrected chi connectivity index (χ3v) is 2.84. The minimum absolute atomic E-state index is 0. The van der Waals surface area contributed by atoms with Crippen LogP contribution < -0.4 is 11.1 Å². The molecule has 0 fully saturated rings. The summed E-state index contributed by atoms with van der Waals surface area (Å²) in [4.78, 5) is 11.9. The number of hydrogen-bond donors (Lipinski definition) is 2. The van der Waals surface area contributed by atoms with Crippen LogP contribution >= 0.6 is 12.4 Å². The van der Waals surface area contributed by atoms with Crippen molar-refractivity contribution in [1.82, 2.24) is 5.32 Å². The van der Waals surface area contributed by atoms with E-state index in [0.717, 1.165) is 24.8 Å². The Hall–Kier alpha value is -1.06. The predicted molar refractivity (Wildman–Crippen MR) is 78.3 cm³/mol. The molecule has 0 aromatic heterocycles. The first-order valence-electron chi connectivity index (χ1n) is 6.25. The number of nitrogens with one attached hydrogen (secondary N) is 1. The first-order chi connectivity index (χ1) is 8.17. The number of carbonyl (C=O) groups excluding carboxylic acids is 1. The van der Waals surface area contributed by atoms with Crippen molar-refractivity contribution >= 4 is 18.3 Å². The molecule has 3 nitrogen and oxygen atoms in total. The molecule has 0 radical (unpaired) electrons. The van der Waals surface area contributed by atoms with Crippen molar-refractivity contribution < 1.29 is 4.79 Å². The van der Waals surface area contributed by atoms with Crippen LogP contribution in [0, 0.1) is 6.92 Å². The summed E-state index contributed by atoms with van der Waals surface area (Å²) >= 11 is 0. The normalized spacial score (nSPS) is 11.5. The summed E-state index contributed by atoms with van der Waals surface area (Å²) in [5.74, 6) is -0.0310. The van der Waals surface area contributed by atoms with Gasteiger partial charge in [-0.25, -0.2) is 0 Å². The first-order valence-corrected chi connectivity index (χ1v) is 6.25. The Morgan fingerprint density at radius 3 is 2.44 bits per heavy atom. The molecule has 0 spiro atoms. The van der Waals surface area contributed by atoms with Crippen LogP contribution in [0.1, 0.15) is 42.1 Å². The van der Waals surface area contributed by atoms with E-state index in [-0.39, 0.29) is 24.4 Å². The fourth-order valence-corrected chi connectivity index (χ4v) is 1.67. The molecule has 4 heteroatoms. The number of aryl methyl sites for hydroxylation is 1. The van der Waals surface area contributed by atoms with E-state index >= 15 is 0 Å². The Kier molecular flexibility index (Phi) is 8.42. The predicted octanol–water partition coefficient (Wildman–Crippen LogP) is 2.66. The minimum atomic E-state index is -0.0310. The monoisotopic (exact) mass is 270 g/mol. The van der Waals surface area contributed by atoms with Gasteiger partial charge >= 0.3 is 0 Å². The van der Waals surface area contributed by atoms with E-state index in [0.29, 0.717) is 12.1 Å². The molecule has 1 aromatic rings. The van der Waals surface area contributed by atoms with E-state index in [2.05, 4.69) is 12.2 Å². The van der Waals surface area contributed by atoms with E-state index in [4.69, 9.17) is 5.73 Å². The molecule has 3 N–H and O–H groups in total. The molecular weight excluding hydrogens is 248 g/mol. The molecule has 0 aliphatic rings. The number of nitrogens with two attached hydrogens (primary N) is 1. The van der Waals surface area contributed by atoms with Crippen LogP contribution in [0.15, 0.2) is 24.3 Å². The zero-order chi connectivity index (χ0) is 12.7. The van der Waals surface area contributed by atoms with Gasteiger partial charge in [-0.2, -0.15) is 0 Å². The second-order valence-electron chi connectivity index (χ2n) is 4.41. The maximum absolute atomic E-state index is 11.9. The van der Waals surface area contributed by atoms with Gasteiger partial charge in [0, 0.05) is 18.2 Å². The lowest BCUT2D eigenvalue weighted by Crippen LogP contribution is -2.40. The molecule has 0 saturated carbocycles. The van der Waals surface area contributed by atoms with Crippen molar-refractivity contribution in [2.24, 2.45) is 5.73 Å². The molecule has 0 bridgehead atoms. The first kappa shape index (κ1) is 16.9. The van der Waals surface area contributed by atoms with E-state index < -0.39 is 0 Å². The number of halogens is 1. The Balaban J connectivity index is 0.00000289. The second kappa shape index (κ2) is 8.95. The lowest BCUT2D eigenvalue weighted by Gasteiger charge is -2.16. The highest BCUT2D eigenvalue weighted by Gasteiger charge is 2.11. The quantitative estimate of drug-likeness (QED) is 0.835. The molecule has 1 atom stereocenters. The molecule has 1 rings (SSSR count). The highest BCUT2D eigenvalue weighted by Crippen LogP contribution is 2.05. The van der Waals surface area contributed by atoms with Gasteiger partial charge in [0.05, 0.1) is 0 Å². The molecule has 1 amide bonds. The third kappa shape index (κ3) is 5.52. The molecule has 0 aliphatic heterocycles. The highest BCUT2D eigenvalue weighted by molar-refractivity contribution is 5.94. The Labute approximate surface area is 116 Å². The maximum Gasteiger partial charge on any atom is 0.251 e. The van der Waals surface area contributed by atoms with Gasteiger partial charge in [-0.3, -0.25) is 4.79 Å². The van der Waals surface area contributed by atoms with Gasteiger partial charge in [-0.05, 0) is 25.5 Å². The number of unbranched alkanes of at least 4 members (excludes halogenated alkanes) is 1. The number of rotatable bonds is 6. The maximum atomic E-state index is 11.9. The fourth-order valence-electron chi connectivity index (χ4n) is 1.67. The van der Waals surface area contributed by atoms with Crippen molar-refractivity contribution in [3.8, 4) is 0 Å². The van der Waals surface area contributed by atoms with Gasteiger partial charge in [-0.15, -0.1) is 12.4 Å². The molecule has 0 saturated heterocycles. The van der Waals surface area contributed by atoms with Crippen LogP contribution in [0.2, 0.25) is 0 Å². The Morgan fingerprint density at radius 2 is 1.94 bits per heavy atom. The van der Waals surface area contributed by atoms with Gasteiger partial charge in [0.25, 0.3) is 5.91 Å².